The van der Waals surface area contributed by atoms with Gasteiger partial charge in [-0.05, 0) is 0 Å². The van der Waals surface area contributed by atoms with Crippen molar-refractivity contribution in [2.24, 2.45) is 0 Å². The number of benzene rings is 4. The maximum absolute atomic E-state index is 2.92. The van der Waals surface area contributed by atoms with Crippen LogP contribution in [-0.4, -0.2) is 8.07 Å². The fraction of sp³-hybridized carbons (Fsp3) is 0.422. The topological polar surface area (TPSA) is 0 Å². The number of rotatable bonds is 10. The van der Waals surface area contributed by atoms with Crippen molar-refractivity contribution in [2.75, 3.05) is 0 Å². The van der Waals surface area contributed by atoms with Crippen LogP contribution in [0.15, 0.2) is 84.9 Å². The minimum atomic E-state index is -2.92. The molecule has 1 atom stereocenters. The molecule has 0 radical (unpaired) electrons. The minimum absolute atomic E-state index is 0. The Bertz CT molecular complexity index is 1550. The Hall–Kier alpha value is -1.58. The molecule has 4 aromatic rings. The molecule has 0 N–H and O–H groups in total. The SMILES string of the molecule is CC(C)c1cc(C(C)C)cc([Si](c2cc(C(C)C)cc(C(C)C)c2)(c2cc(C(C)C)cc(C(C)C)c2)[C]2([Ti])C=Cc3ccccc32)c1.Cl.Cl.Cl. The molecule has 0 heterocycles. The Morgan fingerprint density at radius 2 is 0.720 bits per heavy atom. The Morgan fingerprint density at radius 3 is 1.00 bits per heavy atom. The van der Waals surface area contributed by atoms with Gasteiger partial charge in [-0.25, -0.2) is 0 Å². The summed E-state index contributed by atoms with van der Waals surface area (Å²) in [6.07, 6.45) is 5.03. The van der Waals surface area contributed by atoms with E-state index < -0.39 is 8.07 Å². The van der Waals surface area contributed by atoms with Crippen LogP contribution < -0.4 is 15.6 Å². The van der Waals surface area contributed by atoms with E-state index in [1.54, 1.807) is 15.6 Å². The zero-order valence-corrected chi connectivity index (χ0v) is 37.4. The van der Waals surface area contributed by atoms with Gasteiger partial charge in [-0.2, -0.15) is 0 Å². The summed E-state index contributed by atoms with van der Waals surface area (Å²) in [5.74, 6) is 2.67. The van der Waals surface area contributed by atoms with E-state index in [0.29, 0.717) is 35.5 Å². The number of halogens is 3. The largest absolute Gasteiger partial charge is 0.147 e. The molecule has 269 valence electrons. The van der Waals surface area contributed by atoms with Crippen LogP contribution in [0.4, 0.5) is 0 Å². The first kappa shape index (κ1) is 44.6. The van der Waals surface area contributed by atoms with E-state index in [1.807, 2.05) is 0 Å². The van der Waals surface area contributed by atoms with Crippen LogP contribution >= 0.6 is 37.2 Å². The van der Waals surface area contributed by atoms with Crippen LogP contribution in [0.3, 0.4) is 0 Å². The average molecular weight is 783 g/mol. The van der Waals surface area contributed by atoms with Gasteiger partial charge in [0.05, 0.1) is 0 Å². The smallest absolute Gasteiger partial charge is 0.147 e. The predicted octanol–water partition coefficient (Wildman–Crippen LogP) is 12.2. The summed E-state index contributed by atoms with van der Waals surface area (Å²) in [4.78, 5) is 0. The number of hydrogen-bond donors (Lipinski definition) is 0. The molecule has 0 fully saturated rings. The fourth-order valence-electron chi connectivity index (χ4n) is 7.50. The van der Waals surface area contributed by atoms with Gasteiger partial charge in [-0.3, -0.25) is 0 Å². The molecular weight excluding hydrogens is 723 g/mol. The fourth-order valence-corrected chi connectivity index (χ4v) is 15.6. The van der Waals surface area contributed by atoms with E-state index in [2.05, 4.69) is 195 Å². The Morgan fingerprint density at radius 1 is 0.440 bits per heavy atom. The summed E-state index contributed by atoms with van der Waals surface area (Å²) >= 11 is 2.59. The maximum Gasteiger partial charge on any atom is -0.147 e. The van der Waals surface area contributed by atoms with Gasteiger partial charge in [-0.15, -0.1) is 37.2 Å². The van der Waals surface area contributed by atoms with Crippen LogP contribution in [0.2, 0.25) is 0 Å². The Kier molecular flexibility index (Phi) is 15.6. The number of hydrogen-bond acceptors (Lipinski definition) is 0. The predicted molar refractivity (Wildman–Crippen MR) is 227 cm³/mol. The molecule has 5 rings (SSSR count). The van der Waals surface area contributed by atoms with Crippen molar-refractivity contribution in [3.8, 4) is 0 Å². The van der Waals surface area contributed by atoms with E-state index in [0.717, 1.165) is 0 Å². The van der Waals surface area contributed by atoms with Crippen molar-refractivity contribution >= 4 is 66.9 Å². The van der Waals surface area contributed by atoms with Crippen LogP contribution in [0.1, 0.15) is 163 Å². The molecule has 0 aliphatic heterocycles. The van der Waals surface area contributed by atoms with E-state index in [4.69, 9.17) is 0 Å². The molecule has 0 bridgehead atoms. The van der Waals surface area contributed by atoms with Gasteiger partial charge in [0, 0.05) is 0 Å². The molecule has 1 aliphatic rings. The second-order valence-corrected chi connectivity index (χ2v) is 22.1. The van der Waals surface area contributed by atoms with Crippen LogP contribution in [0, 0.1) is 0 Å². The van der Waals surface area contributed by atoms with Crippen molar-refractivity contribution in [1.29, 1.82) is 0 Å². The third kappa shape index (κ3) is 8.15. The van der Waals surface area contributed by atoms with Crippen molar-refractivity contribution < 1.29 is 20.4 Å². The first-order chi connectivity index (χ1) is 22.1. The maximum atomic E-state index is 2.64. The summed E-state index contributed by atoms with van der Waals surface area (Å²) in [7, 11) is -2.92. The van der Waals surface area contributed by atoms with Crippen LogP contribution in [0.25, 0.3) is 6.08 Å². The quantitative estimate of drug-likeness (QED) is 0.111. The van der Waals surface area contributed by atoms with Crippen molar-refractivity contribution in [3.63, 3.8) is 0 Å². The molecule has 0 aromatic heterocycles. The minimum Gasteiger partial charge on any atom is -0.147 e. The summed E-state index contributed by atoms with van der Waals surface area (Å²) in [5.41, 5.74) is 11.6. The summed E-state index contributed by atoms with van der Waals surface area (Å²) in [5, 5.41) is 4.63. The van der Waals surface area contributed by atoms with Gasteiger partial charge in [0.15, 0.2) is 0 Å². The van der Waals surface area contributed by atoms with Crippen LogP contribution in [-0.2, 0) is 23.8 Å². The van der Waals surface area contributed by atoms with E-state index >= 15 is 0 Å². The zero-order chi connectivity index (χ0) is 34.4. The van der Waals surface area contributed by atoms with E-state index in [1.165, 1.54) is 44.5 Å². The van der Waals surface area contributed by atoms with Crippen molar-refractivity contribution in [1.82, 2.24) is 0 Å². The molecule has 50 heavy (non-hydrogen) atoms. The van der Waals surface area contributed by atoms with E-state index in [9.17, 15) is 0 Å². The van der Waals surface area contributed by atoms with Gasteiger partial charge in [0.1, 0.15) is 0 Å². The summed E-state index contributed by atoms with van der Waals surface area (Å²) < 4.78 is -0.207. The summed E-state index contributed by atoms with van der Waals surface area (Å²) in [6, 6.07) is 32.5. The zero-order valence-electron chi connectivity index (χ0n) is 32.3. The third-order valence-electron chi connectivity index (χ3n) is 10.7. The molecule has 1 aliphatic carbocycles. The monoisotopic (exact) mass is 781 g/mol. The van der Waals surface area contributed by atoms with Crippen molar-refractivity contribution in [3.05, 3.63) is 129 Å². The Balaban J connectivity index is 0.00000289. The molecule has 0 nitrogen and oxygen atoms in total. The van der Waals surface area contributed by atoms with E-state index in [-0.39, 0.29) is 40.6 Å². The third-order valence-corrected chi connectivity index (χ3v) is 18.2. The molecule has 0 spiro atoms. The Labute approximate surface area is 336 Å². The molecular formula is C45H60Cl3SiTi. The second kappa shape index (κ2) is 17.5. The first-order valence-corrected chi connectivity index (χ1v) is 20.9. The van der Waals surface area contributed by atoms with Crippen molar-refractivity contribution in [2.45, 2.75) is 122 Å². The molecule has 5 heteroatoms. The number of allylic oxidation sites excluding steroid dienone is 1. The van der Waals surface area contributed by atoms with Gasteiger partial charge in [-0.1, -0.05) is 0 Å². The van der Waals surface area contributed by atoms with Crippen LogP contribution in [0.5, 0.6) is 0 Å². The van der Waals surface area contributed by atoms with Gasteiger partial charge in [0.25, 0.3) is 0 Å². The molecule has 0 saturated heterocycles. The molecule has 4 aromatic carbocycles. The molecule has 0 saturated carbocycles. The molecule has 1 unspecified atom stereocenters. The first-order valence-electron chi connectivity index (χ1n) is 18.1. The second-order valence-electron chi connectivity index (χ2n) is 16.1. The summed E-state index contributed by atoms with van der Waals surface area (Å²) in [6.45, 7) is 28.4. The average Bonchev–Trinajstić information content (AvgIpc) is 3.38. The van der Waals surface area contributed by atoms with Gasteiger partial charge in [0.2, 0.25) is 0 Å². The molecule has 0 amide bonds. The normalized spacial score (nSPS) is 15.5. The standard InChI is InChI=1S/C45H57Si.3ClH.Ti/c1-28(2)35-19-36(29(3)4)23-41(22-35)46(45-18-17-34-15-13-14-16-44(34)45,42-24-37(30(5)6)20-38(25-42)31(7)8)43-26-39(32(9)10)21-40(27-43)33(11)12;;;;/h13-33H,1-12H3;3*1H;. The number of fused-ring (bicyclic) bond motifs is 1. The van der Waals surface area contributed by atoms with Gasteiger partial charge < -0.3 is 0 Å². The van der Waals surface area contributed by atoms with Gasteiger partial charge >= 0.3 is 302 Å².